The van der Waals surface area contributed by atoms with Crippen LogP contribution < -0.4 is 5.32 Å². The molecule has 0 bridgehead atoms. The molecule has 0 aliphatic rings. The summed E-state index contributed by atoms with van der Waals surface area (Å²) >= 11 is 2.29. The molecule has 0 aromatic carbocycles. The molecule has 2 heterocycles. The average molecular weight is 354 g/mol. The standard InChI is InChI=1S/C13H15IN4/c1-3-10-12(14)13(15-2)18-11(17-10)8-9-6-4-5-7-16-9/h4-7H,3,8H2,1-2H3,(H,15,17,18). The van der Waals surface area contributed by atoms with E-state index in [4.69, 9.17) is 0 Å². The summed E-state index contributed by atoms with van der Waals surface area (Å²) in [5, 5.41) is 3.12. The Hall–Kier alpha value is -1.24. The molecule has 0 aliphatic heterocycles. The zero-order valence-electron chi connectivity index (χ0n) is 10.4. The van der Waals surface area contributed by atoms with Gasteiger partial charge in [-0.2, -0.15) is 0 Å². The Morgan fingerprint density at radius 1 is 1.28 bits per heavy atom. The highest BCUT2D eigenvalue weighted by Crippen LogP contribution is 2.20. The van der Waals surface area contributed by atoms with E-state index >= 15 is 0 Å². The van der Waals surface area contributed by atoms with Gasteiger partial charge in [0, 0.05) is 18.9 Å². The molecule has 2 aromatic rings. The molecular formula is C13H15IN4. The second-order valence-electron chi connectivity index (χ2n) is 3.85. The van der Waals surface area contributed by atoms with Crippen molar-refractivity contribution in [1.82, 2.24) is 15.0 Å². The lowest BCUT2D eigenvalue weighted by atomic mass is 10.2. The lowest BCUT2D eigenvalue weighted by Crippen LogP contribution is -2.08. The molecule has 1 N–H and O–H groups in total. The monoisotopic (exact) mass is 354 g/mol. The summed E-state index contributed by atoms with van der Waals surface area (Å²) in [4.78, 5) is 13.4. The Kier molecular flexibility index (Phi) is 4.46. The average Bonchev–Trinajstić information content (AvgIpc) is 2.41. The maximum atomic E-state index is 4.60. The molecule has 0 saturated heterocycles. The van der Waals surface area contributed by atoms with Crippen LogP contribution in [0.15, 0.2) is 24.4 Å². The molecule has 0 amide bonds. The van der Waals surface area contributed by atoms with Gasteiger partial charge in [0.15, 0.2) is 0 Å². The Balaban J connectivity index is 2.34. The van der Waals surface area contributed by atoms with Crippen molar-refractivity contribution in [3.05, 3.63) is 45.2 Å². The van der Waals surface area contributed by atoms with Crippen LogP contribution in [-0.2, 0) is 12.8 Å². The number of aryl methyl sites for hydroxylation is 1. The molecule has 2 aromatic heterocycles. The first-order chi connectivity index (χ1) is 8.74. The molecular weight excluding hydrogens is 339 g/mol. The smallest absolute Gasteiger partial charge is 0.143 e. The van der Waals surface area contributed by atoms with Crippen molar-refractivity contribution >= 4 is 28.4 Å². The van der Waals surface area contributed by atoms with Gasteiger partial charge in [0.1, 0.15) is 11.6 Å². The molecule has 0 spiro atoms. The lowest BCUT2D eigenvalue weighted by Gasteiger charge is -2.09. The summed E-state index contributed by atoms with van der Waals surface area (Å²) in [6.45, 7) is 2.11. The van der Waals surface area contributed by atoms with Crippen molar-refractivity contribution in [2.45, 2.75) is 19.8 Å². The van der Waals surface area contributed by atoms with Crippen molar-refractivity contribution < 1.29 is 0 Å². The van der Waals surface area contributed by atoms with Gasteiger partial charge in [-0.3, -0.25) is 4.98 Å². The molecule has 5 heteroatoms. The SMILES string of the molecule is CCc1nc(Cc2ccccn2)nc(NC)c1I. The van der Waals surface area contributed by atoms with Gasteiger partial charge in [-0.25, -0.2) is 9.97 Å². The number of halogens is 1. The van der Waals surface area contributed by atoms with E-state index in [-0.39, 0.29) is 0 Å². The van der Waals surface area contributed by atoms with Crippen LogP contribution in [0.5, 0.6) is 0 Å². The van der Waals surface area contributed by atoms with Crippen LogP contribution >= 0.6 is 22.6 Å². The van der Waals surface area contributed by atoms with Gasteiger partial charge in [0.2, 0.25) is 0 Å². The summed E-state index contributed by atoms with van der Waals surface area (Å²) in [5.74, 6) is 1.71. The summed E-state index contributed by atoms with van der Waals surface area (Å²) in [6, 6.07) is 5.88. The van der Waals surface area contributed by atoms with Crippen LogP contribution in [0.1, 0.15) is 24.1 Å². The minimum atomic E-state index is 0.666. The molecule has 4 nitrogen and oxygen atoms in total. The van der Waals surface area contributed by atoms with E-state index in [2.05, 4.69) is 49.8 Å². The first kappa shape index (κ1) is 13.2. The van der Waals surface area contributed by atoms with E-state index in [0.717, 1.165) is 33.0 Å². The van der Waals surface area contributed by atoms with Crippen LogP contribution in [0, 0.1) is 3.57 Å². The minimum absolute atomic E-state index is 0.666. The maximum absolute atomic E-state index is 4.60. The number of anilines is 1. The van der Waals surface area contributed by atoms with Gasteiger partial charge in [-0.15, -0.1) is 0 Å². The van der Waals surface area contributed by atoms with Crippen molar-refractivity contribution in [2.75, 3.05) is 12.4 Å². The number of hydrogen-bond donors (Lipinski definition) is 1. The van der Waals surface area contributed by atoms with E-state index in [9.17, 15) is 0 Å². The number of hydrogen-bond acceptors (Lipinski definition) is 4. The molecule has 0 unspecified atom stereocenters. The highest BCUT2D eigenvalue weighted by atomic mass is 127. The Morgan fingerprint density at radius 2 is 2.11 bits per heavy atom. The van der Waals surface area contributed by atoms with Gasteiger partial charge >= 0.3 is 0 Å². The van der Waals surface area contributed by atoms with E-state index in [1.807, 2.05) is 25.2 Å². The van der Waals surface area contributed by atoms with Gasteiger partial charge in [-0.05, 0) is 41.1 Å². The van der Waals surface area contributed by atoms with Crippen molar-refractivity contribution in [2.24, 2.45) is 0 Å². The van der Waals surface area contributed by atoms with E-state index in [1.54, 1.807) is 6.20 Å². The third-order valence-corrected chi connectivity index (χ3v) is 3.74. The maximum Gasteiger partial charge on any atom is 0.143 e. The largest absolute Gasteiger partial charge is 0.372 e. The Labute approximate surface area is 120 Å². The number of nitrogens with one attached hydrogen (secondary N) is 1. The molecule has 94 valence electrons. The minimum Gasteiger partial charge on any atom is -0.372 e. The molecule has 0 radical (unpaired) electrons. The molecule has 18 heavy (non-hydrogen) atoms. The van der Waals surface area contributed by atoms with Gasteiger partial charge < -0.3 is 5.32 Å². The first-order valence-corrected chi connectivity index (χ1v) is 6.95. The topological polar surface area (TPSA) is 50.7 Å². The molecule has 0 aliphatic carbocycles. The fourth-order valence-corrected chi connectivity index (χ4v) is 2.58. The number of rotatable bonds is 4. The van der Waals surface area contributed by atoms with Crippen LogP contribution in [0.25, 0.3) is 0 Å². The Bertz CT molecular complexity index is 503. The predicted octanol–water partition coefficient (Wildman–Crippen LogP) is 2.67. The molecule has 0 atom stereocenters. The predicted molar refractivity (Wildman–Crippen MR) is 80.7 cm³/mol. The summed E-state index contributed by atoms with van der Waals surface area (Å²) in [7, 11) is 1.88. The van der Waals surface area contributed by atoms with Crippen molar-refractivity contribution in [3.63, 3.8) is 0 Å². The van der Waals surface area contributed by atoms with E-state index < -0.39 is 0 Å². The fraction of sp³-hybridized carbons (Fsp3) is 0.308. The number of nitrogens with zero attached hydrogens (tertiary/aromatic N) is 3. The second-order valence-corrected chi connectivity index (χ2v) is 4.93. The first-order valence-electron chi connectivity index (χ1n) is 5.87. The van der Waals surface area contributed by atoms with Crippen LogP contribution in [0.2, 0.25) is 0 Å². The van der Waals surface area contributed by atoms with Crippen molar-refractivity contribution in [3.8, 4) is 0 Å². The van der Waals surface area contributed by atoms with Crippen molar-refractivity contribution in [1.29, 1.82) is 0 Å². The summed E-state index contributed by atoms with van der Waals surface area (Å²) in [5.41, 5.74) is 2.07. The third kappa shape index (κ3) is 2.95. The highest BCUT2D eigenvalue weighted by molar-refractivity contribution is 14.1. The zero-order chi connectivity index (χ0) is 13.0. The van der Waals surface area contributed by atoms with Crippen LogP contribution in [0.3, 0.4) is 0 Å². The van der Waals surface area contributed by atoms with E-state index in [1.165, 1.54) is 0 Å². The normalized spacial score (nSPS) is 10.4. The fourth-order valence-electron chi connectivity index (χ4n) is 1.69. The number of aromatic nitrogens is 3. The molecule has 0 fully saturated rings. The summed E-state index contributed by atoms with van der Waals surface area (Å²) in [6.07, 6.45) is 3.37. The second kappa shape index (κ2) is 6.08. The lowest BCUT2D eigenvalue weighted by molar-refractivity contribution is 0.882. The van der Waals surface area contributed by atoms with Gasteiger partial charge in [-0.1, -0.05) is 13.0 Å². The zero-order valence-corrected chi connectivity index (χ0v) is 12.6. The number of pyridine rings is 1. The van der Waals surface area contributed by atoms with Gasteiger partial charge in [0.25, 0.3) is 0 Å². The van der Waals surface area contributed by atoms with E-state index in [0.29, 0.717) is 6.42 Å². The molecule has 2 rings (SSSR count). The Morgan fingerprint density at radius 3 is 2.72 bits per heavy atom. The van der Waals surface area contributed by atoms with Gasteiger partial charge in [0.05, 0.1) is 15.7 Å². The summed E-state index contributed by atoms with van der Waals surface area (Å²) < 4.78 is 1.10. The quantitative estimate of drug-likeness (QED) is 0.858. The third-order valence-electron chi connectivity index (χ3n) is 2.60. The molecule has 0 saturated carbocycles. The van der Waals surface area contributed by atoms with Crippen LogP contribution in [-0.4, -0.2) is 22.0 Å². The highest BCUT2D eigenvalue weighted by Gasteiger charge is 2.10. The van der Waals surface area contributed by atoms with Crippen LogP contribution in [0.4, 0.5) is 5.82 Å².